The van der Waals surface area contributed by atoms with Crippen molar-refractivity contribution < 1.29 is 0 Å². The number of hydrogen-bond donors (Lipinski definition) is 0. The van der Waals surface area contributed by atoms with Gasteiger partial charge in [-0.2, -0.15) is 0 Å². The van der Waals surface area contributed by atoms with Crippen molar-refractivity contribution in [2.75, 3.05) is 0 Å². The van der Waals surface area contributed by atoms with Gasteiger partial charge in [-0.15, -0.1) is 0 Å². The first kappa shape index (κ1) is 15.4. The fourth-order valence-corrected chi connectivity index (χ4v) is 3.64. The molecular formula is C20H30. The minimum Gasteiger partial charge on any atom is -0.0998 e. The molecule has 1 fully saturated rings. The topological polar surface area (TPSA) is 0 Å². The Kier molecular flexibility index (Phi) is 5.88. The lowest BCUT2D eigenvalue weighted by molar-refractivity contribution is 0.285. The molecule has 0 aliphatic heterocycles. The van der Waals surface area contributed by atoms with Gasteiger partial charge in [0.05, 0.1) is 0 Å². The average molecular weight is 270 g/mol. The van der Waals surface area contributed by atoms with Crippen LogP contribution in [0.3, 0.4) is 0 Å². The second-order valence-electron chi connectivity index (χ2n) is 6.69. The van der Waals surface area contributed by atoms with E-state index in [4.69, 9.17) is 0 Å². The maximum atomic E-state index is 4.03. The van der Waals surface area contributed by atoms with Crippen LogP contribution >= 0.6 is 0 Å². The highest BCUT2D eigenvalue weighted by atomic mass is 14.3. The molecule has 0 radical (unpaired) electrons. The van der Waals surface area contributed by atoms with Crippen LogP contribution in [0.1, 0.15) is 65.2 Å². The number of rotatable bonds is 5. The van der Waals surface area contributed by atoms with E-state index >= 15 is 0 Å². The summed E-state index contributed by atoms with van der Waals surface area (Å²) in [6, 6.07) is 0. The van der Waals surface area contributed by atoms with Gasteiger partial charge in [0.15, 0.2) is 0 Å². The minimum absolute atomic E-state index is 0.814. The average Bonchev–Trinajstić information content (AvgIpc) is 2.48. The van der Waals surface area contributed by atoms with Crippen LogP contribution in [-0.4, -0.2) is 0 Å². The molecular weight excluding hydrogens is 240 g/mol. The zero-order valence-electron chi connectivity index (χ0n) is 13.3. The summed E-state index contributed by atoms with van der Waals surface area (Å²) < 4.78 is 0. The standard InChI is InChI=1S/C20H30/c1-4-17(14-16(2)3)15-18-10-12-20(13-11-18)19-8-6-5-7-9-19/h4,10-12,19-20H,2,5-9,13-15H2,1,3H3/b17-4-. The van der Waals surface area contributed by atoms with Crippen LogP contribution in [0.4, 0.5) is 0 Å². The molecule has 0 nitrogen and oxygen atoms in total. The summed E-state index contributed by atoms with van der Waals surface area (Å²) in [6.07, 6.45) is 20.3. The van der Waals surface area contributed by atoms with Crippen molar-refractivity contribution in [3.8, 4) is 0 Å². The smallest absolute Gasteiger partial charge is 0.00673 e. The van der Waals surface area contributed by atoms with Gasteiger partial charge in [0, 0.05) is 0 Å². The van der Waals surface area contributed by atoms with Gasteiger partial charge >= 0.3 is 0 Å². The van der Waals surface area contributed by atoms with Crippen LogP contribution in [0.25, 0.3) is 0 Å². The quantitative estimate of drug-likeness (QED) is 0.509. The molecule has 0 bridgehead atoms. The molecule has 0 saturated heterocycles. The van der Waals surface area contributed by atoms with Gasteiger partial charge in [-0.05, 0) is 63.4 Å². The van der Waals surface area contributed by atoms with E-state index in [0.29, 0.717) is 0 Å². The van der Waals surface area contributed by atoms with E-state index in [1.165, 1.54) is 55.2 Å². The van der Waals surface area contributed by atoms with E-state index in [2.05, 4.69) is 44.7 Å². The Balaban J connectivity index is 1.86. The van der Waals surface area contributed by atoms with Gasteiger partial charge in [-0.25, -0.2) is 0 Å². The fraction of sp³-hybridized carbons (Fsp3) is 0.600. The molecule has 1 unspecified atom stereocenters. The summed E-state index contributed by atoms with van der Waals surface area (Å²) in [4.78, 5) is 0. The van der Waals surface area contributed by atoms with E-state index in [-0.39, 0.29) is 0 Å². The minimum atomic E-state index is 0.814. The van der Waals surface area contributed by atoms with Crippen LogP contribution in [0, 0.1) is 11.8 Å². The van der Waals surface area contributed by atoms with Crippen molar-refractivity contribution in [2.45, 2.75) is 65.2 Å². The lowest BCUT2D eigenvalue weighted by atomic mass is 9.76. The fourth-order valence-electron chi connectivity index (χ4n) is 3.64. The molecule has 1 atom stereocenters. The Hall–Kier alpha value is -1.04. The van der Waals surface area contributed by atoms with Gasteiger partial charge in [0.1, 0.15) is 0 Å². The molecule has 20 heavy (non-hydrogen) atoms. The summed E-state index contributed by atoms with van der Waals surface area (Å²) in [7, 11) is 0. The number of allylic oxidation sites excluding steroid dienone is 7. The summed E-state index contributed by atoms with van der Waals surface area (Å²) >= 11 is 0. The van der Waals surface area contributed by atoms with Crippen molar-refractivity contribution in [1.82, 2.24) is 0 Å². The Bertz CT molecular complexity index is 413. The summed E-state index contributed by atoms with van der Waals surface area (Å²) in [6.45, 7) is 8.30. The van der Waals surface area contributed by atoms with E-state index in [0.717, 1.165) is 24.7 Å². The highest BCUT2D eigenvalue weighted by Crippen LogP contribution is 2.35. The van der Waals surface area contributed by atoms with Crippen LogP contribution in [0.5, 0.6) is 0 Å². The third-order valence-corrected chi connectivity index (χ3v) is 4.83. The lowest BCUT2D eigenvalue weighted by Gasteiger charge is -2.29. The van der Waals surface area contributed by atoms with Crippen molar-refractivity contribution in [2.24, 2.45) is 11.8 Å². The van der Waals surface area contributed by atoms with Crippen LogP contribution in [0.15, 0.2) is 47.6 Å². The zero-order chi connectivity index (χ0) is 14.4. The largest absolute Gasteiger partial charge is 0.0998 e. The molecule has 0 heteroatoms. The second kappa shape index (κ2) is 7.67. The Morgan fingerprint density at radius 3 is 2.60 bits per heavy atom. The van der Waals surface area contributed by atoms with Gasteiger partial charge in [-0.3, -0.25) is 0 Å². The Morgan fingerprint density at radius 1 is 1.30 bits per heavy atom. The molecule has 110 valence electrons. The predicted molar refractivity (Wildman–Crippen MR) is 89.7 cm³/mol. The van der Waals surface area contributed by atoms with Crippen molar-refractivity contribution >= 4 is 0 Å². The third kappa shape index (κ3) is 4.51. The molecule has 0 heterocycles. The van der Waals surface area contributed by atoms with E-state index in [9.17, 15) is 0 Å². The molecule has 0 aromatic rings. The van der Waals surface area contributed by atoms with E-state index in [1.54, 1.807) is 0 Å². The van der Waals surface area contributed by atoms with Gasteiger partial charge in [-0.1, -0.05) is 61.3 Å². The monoisotopic (exact) mass is 270 g/mol. The normalized spacial score (nSPS) is 24.6. The maximum Gasteiger partial charge on any atom is -0.00673 e. The van der Waals surface area contributed by atoms with Crippen molar-refractivity contribution in [3.63, 3.8) is 0 Å². The molecule has 0 N–H and O–H groups in total. The van der Waals surface area contributed by atoms with Crippen molar-refractivity contribution in [3.05, 3.63) is 47.6 Å². The molecule has 0 aromatic carbocycles. The van der Waals surface area contributed by atoms with Crippen LogP contribution in [0.2, 0.25) is 0 Å². The summed E-state index contributed by atoms with van der Waals surface area (Å²) in [5.74, 6) is 1.77. The maximum absolute atomic E-state index is 4.03. The first-order valence-electron chi connectivity index (χ1n) is 8.34. The molecule has 0 aromatic heterocycles. The highest BCUT2D eigenvalue weighted by molar-refractivity contribution is 5.30. The Labute approximate surface area is 125 Å². The first-order chi connectivity index (χ1) is 9.69. The summed E-state index contributed by atoms with van der Waals surface area (Å²) in [5.41, 5.74) is 4.27. The highest BCUT2D eigenvalue weighted by Gasteiger charge is 2.22. The van der Waals surface area contributed by atoms with Crippen LogP contribution in [-0.2, 0) is 0 Å². The van der Waals surface area contributed by atoms with Crippen LogP contribution < -0.4 is 0 Å². The zero-order valence-corrected chi connectivity index (χ0v) is 13.3. The summed E-state index contributed by atoms with van der Waals surface area (Å²) in [5, 5.41) is 0. The molecule has 2 aliphatic carbocycles. The van der Waals surface area contributed by atoms with Gasteiger partial charge in [0.25, 0.3) is 0 Å². The molecule has 2 aliphatic rings. The number of hydrogen-bond acceptors (Lipinski definition) is 0. The molecule has 2 rings (SSSR count). The van der Waals surface area contributed by atoms with Gasteiger partial charge < -0.3 is 0 Å². The lowest BCUT2D eigenvalue weighted by Crippen LogP contribution is -2.17. The van der Waals surface area contributed by atoms with Gasteiger partial charge in [0.2, 0.25) is 0 Å². The third-order valence-electron chi connectivity index (χ3n) is 4.83. The first-order valence-corrected chi connectivity index (χ1v) is 8.34. The molecule has 1 saturated carbocycles. The molecule has 0 spiro atoms. The van der Waals surface area contributed by atoms with E-state index in [1.807, 2.05) is 0 Å². The second-order valence-corrected chi connectivity index (χ2v) is 6.69. The molecule has 0 amide bonds. The Morgan fingerprint density at radius 2 is 2.05 bits per heavy atom. The van der Waals surface area contributed by atoms with E-state index < -0.39 is 0 Å². The predicted octanol–water partition coefficient (Wildman–Crippen LogP) is 6.37. The SMILES string of the molecule is C=C(C)C/C(=C/C)CC1=CCC(C2CCCCC2)C=C1. The van der Waals surface area contributed by atoms with Crippen molar-refractivity contribution in [1.29, 1.82) is 0 Å².